The Morgan fingerprint density at radius 2 is 2.00 bits per heavy atom. The number of nitrogens with zero attached hydrogens (tertiary/aromatic N) is 1. The number of aromatic nitrogens is 1. The van der Waals surface area contributed by atoms with Crippen molar-refractivity contribution < 1.29 is 0 Å². The number of rotatable bonds is 2. The minimum Gasteiger partial charge on any atom is -0.261 e. The molecule has 0 amide bonds. The minimum absolute atomic E-state index is 0.422. The van der Waals surface area contributed by atoms with Crippen LogP contribution >= 0.6 is 0 Å². The first kappa shape index (κ1) is 11.2. The van der Waals surface area contributed by atoms with Gasteiger partial charge >= 0.3 is 0 Å². The van der Waals surface area contributed by atoms with E-state index in [-0.39, 0.29) is 0 Å². The third-order valence-corrected chi connectivity index (χ3v) is 2.85. The zero-order valence-electron chi connectivity index (χ0n) is 9.80. The highest BCUT2D eigenvalue weighted by Crippen LogP contribution is 2.46. The van der Waals surface area contributed by atoms with Crippen LogP contribution in [-0.2, 0) is 11.8 Å². The maximum Gasteiger partial charge on any atom is 0.0465 e. The van der Waals surface area contributed by atoms with Crippen molar-refractivity contribution >= 4 is 0 Å². The maximum atomic E-state index is 4.42. The number of aryl methyl sites for hydroxylation is 1. The van der Waals surface area contributed by atoms with Gasteiger partial charge in [0, 0.05) is 17.3 Å². The van der Waals surface area contributed by atoms with Gasteiger partial charge in [-0.3, -0.25) is 4.98 Å². The first-order valence-corrected chi connectivity index (χ1v) is 5.70. The minimum atomic E-state index is 0.422. The summed E-state index contributed by atoms with van der Waals surface area (Å²) in [5.41, 5.74) is 3.13. The summed E-state index contributed by atoms with van der Waals surface area (Å²) in [6, 6.07) is 4.36. The van der Waals surface area contributed by atoms with Crippen molar-refractivity contribution in [2.24, 2.45) is 0 Å². The molecule has 1 saturated carbocycles. The zero-order chi connectivity index (χ0) is 10.6. The largest absolute Gasteiger partial charge is 0.261 e. The Labute approximate surface area is 87.6 Å². The Morgan fingerprint density at radius 1 is 1.36 bits per heavy atom. The van der Waals surface area contributed by atoms with Gasteiger partial charge in [-0.15, -0.1) is 0 Å². The highest BCUT2D eigenvalue weighted by Gasteiger charge is 2.40. The molecule has 1 aromatic rings. The van der Waals surface area contributed by atoms with Crippen molar-refractivity contribution in [3.05, 3.63) is 29.6 Å². The molecular formula is C13H21N. The summed E-state index contributed by atoms with van der Waals surface area (Å²) in [6.07, 6.45) is 5.68. The molecule has 14 heavy (non-hydrogen) atoms. The highest BCUT2D eigenvalue weighted by atomic mass is 14.7. The molecule has 0 aromatic carbocycles. The molecule has 0 radical (unpaired) electrons. The lowest BCUT2D eigenvalue weighted by atomic mass is 10.0. The summed E-state index contributed by atoms with van der Waals surface area (Å²) in [5.74, 6) is 0. The number of pyridine rings is 1. The number of hydrogen-bond acceptors (Lipinski definition) is 1. The molecule has 0 saturated heterocycles. The molecule has 0 aliphatic heterocycles. The standard InChI is InChI=1S/C11H15N.C2H6/c1-3-9-4-7-12-10(8-9)11(2)5-6-11;1-2/h4,7-8H,3,5-6H2,1-2H3;1-2H3. The highest BCUT2D eigenvalue weighted by molar-refractivity contribution is 5.27. The number of hydrogen-bond donors (Lipinski definition) is 0. The lowest BCUT2D eigenvalue weighted by molar-refractivity contribution is 0.747. The van der Waals surface area contributed by atoms with Crippen molar-refractivity contribution in [2.45, 2.75) is 52.4 Å². The van der Waals surface area contributed by atoms with Crippen LogP contribution in [0.1, 0.15) is 51.8 Å². The lowest BCUT2D eigenvalue weighted by Gasteiger charge is -2.07. The predicted octanol–water partition coefficient (Wildman–Crippen LogP) is 3.72. The van der Waals surface area contributed by atoms with Crippen molar-refractivity contribution in [1.82, 2.24) is 4.98 Å². The second-order valence-electron chi connectivity index (χ2n) is 3.96. The molecule has 1 aromatic heterocycles. The average molecular weight is 191 g/mol. The SMILES string of the molecule is CC.CCc1ccnc(C2(C)CC2)c1. The second-order valence-corrected chi connectivity index (χ2v) is 3.96. The molecule has 0 unspecified atom stereocenters. The molecule has 1 aliphatic carbocycles. The topological polar surface area (TPSA) is 12.9 Å². The first-order valence-electron chi connectivity index (χ1n) is 5.70. The van der Waals surface area contributed by atoms with E-state index >= 15 is 0 Å². The second kappa shape index (κ2) is 4.59. The Kier molecular flexibility index (Phi) is 3.68. The molecule has 0 atom stereocenters. The van der Waals surface area contributed by atoms with E-state index in [1.54, 1.807) is 0 Å². The van der Waals surface area contributed by atoms with Gasteiger partial charge in [0.05, 0.1) is 0 Å². The van der Waals surface area contributed by atoms with Crippen LogP contribution in [0.5, 0.6) is 0 Å². The molecule has 1 heterocycles. The molecule has 0 bridgehead atoms. The van der Waals surface area contributed by atoms with Crippen LogP contribution in [0.25, 0.3) is 0 Å². The molecule has 1 heteroatoms. The fraction of sp³-hybridized carbons (Fsp3) is 0.615. The van der Waals surface area contributed by atoms with Crippen LogP contribution in [0.2, 0.25) is 0 Å². The van der Waals surface area contributed by atoms with Crippen LogP contribution in [-0.4, -0.2) is 4.98 Å². The van der Waals surface area contributed by atoms with Gasteiger partial charge in [-0.2, -0.15) is 0 Å². The molecule has 0 spiro atoms. The molecule has 1 nitrogen and oxygen atoms in total. The summed E-state index contributed by atoms with van der Waals surface area (Å²) < 4.78 is 0. The third-order valence-electron chi connectivity index (χ3n) is 2.85. The van der Waals surface area contributed by atoms with E-state index in [1.807, 2.05) is 20.0 Å². The fourth-order valence-corrected chi connectivity index (χ4v) is 1.47. The Balaban J connectivity index is 0.000000461. The van der Waals surface area contributed by atoms with Crippen molar-refractivity contribution in [3.63, 3.8) is 0 Å². The zero-order valence-corrected chi connectivity index (χ0v) is 9.80. The Morgan fingerprint density at radius 3 is 2.50 bits per heavy atom. The van der Waals surface area contributed by atoms with E-state index in [0.717, 1.165) is 6.42 Å². The molecule has 2 rings (SSSR count). The smallest absolute Gasteiger partial charge is 0.0465 e. The predicted molar refractivity (Wildman–Crippen MR) is 61.5 cm³/mol. The van der Waals surface area contributed by atoms with Crippen LogP contribution < -0.4 is 0 Å². The summed E-state index contributed by atoms with van der Waals surface area (Å²) in [7, 11) is 0. The summed E-state index contributed by atoms with van der Waals surface area (Å²) in [4.78, 5) is 4.42. The Bertz CT molecular complexity index is 287. The van der Waals surface area contributed by atoms with Gasteiger partial charge in [-0.25, -0.2) is 0 Å². The summed E-state index contributed by atoms with van der Waals surface area (Å²) in [5, 5.41) is 0. The average Bonchev–Trinajstić information content (AvgIpc) is 3.01. The van der Waals surface area contributed by atoms with E-state index in [0.29, 0.717) is 5.41 Å². The Hall–Kier alpha value is -0.850. The maximum absolute atomic E-state index is 4.42. The normalized spacial score (nSPS) is 16.9. The van der Waals surface area contributed by atoms with Crippen LogP contribution in [0.4, 0.5) is 0 Å². The van der Waals surface area contributed by atoms with Gasteiger partial charge in [0.1, 0.15) is 0 Å². The van der Waals surface area contributed by atoms with E-state index in [1.165, 1.54) is 24.1 Å². The molecule has 78 valence electrons. The van der Waals surface area contributed by atoms with Crippen LogP contribution in [0, 0.1) is 0 Å². The van der Waals surface area contributed by atoms with Crippen molar-refractivity contribution in [2.75, 3.05) is 0 Å². The van der Waals surface area contributed by atoms with Gasteiger partial charge in [0.25, 0.3) is 0 Å². The van der Waals surface area contributed by atoms with Gasteiger partial charge < -0.3 is 0 Å². The monoisotopic (exact) mass is 191 g/mol. The lowest BCUT2D eigenvalue weighted by Crippen LogP contribution is -2.03. The molecule has 1 fully saturated rings. The van der Waals surface area contributed by atoms with Crippen molar-refractivity contribution in [3.8, 4) is 0 Å². The van der Waals surface area contributed by atoms with E-state index in [2.05, 4.69) is 31.0 Å². The first-order chi connectivity index (χ1) is 6.74. The molecule has 0 N–H and O–H groups in total. The molecular weight excluding hydrogens is 170 g/mol. The molecule has 1 aliphatic rings. The van der Waals surface area contributed by atoms with E-state index in [9.17, 15) is 0 Å². The quantitative estimate of drug-likeness (QED) is 0.694. The van der Waals surface area contributed by atoms with Crippen molar-refractivity contribution in [1.29, 1.82) is 0 Å². The van der Waals surface area contributed by atoms with E-state index in [4.69, 9.17) is 0 Å². The fourth-order valence-electron chi connectivity index (χ4n) is 1.47. The van der Waals surface area contributed by atoms with Gasteiger partial charge in [-0.05, 0) is 37.0 Å². The third kappa shape index (κ3) is 2.34. The summed E-state index contributed by atoms with van der Waals surface area (Å²) in [6.45, 7) is 8.49. The van der Waals surface area contributed by atoms with Gasteiger partial charge in [-0.1, -0.05) is 27.7 Å². The van der Waals surface area contributed by atoms with Gasteiger partial charge in [0.15, 0.2) is 0 Å². The van der Waals surface area contributed by atoms with Gasteiger partial charge in [0.2, 0.25) is 0 Å². The van der Waals surface area contributed by atoms with Crippen LogP contribution in [0.15, 0.2) is 18.3 Å². The van der Waals surface area contributed by atoms with E-state index < -0.39 is 0 Å². The summed E-state index contributed by atoms with van der Waals surface area (Å²) >= 11 is 0. The van der Waals surface area contributed by atoms with Crippen LogP contribution in [0.3, 0.4) is 0 Å².